The third kappa shape index (κ3) is 2.72. The number of rotatable bonds is 3. The highest BCUT2D eigenvalue weighted by molar-refractivity contribution is 4.92. The van der Waals surface area contributed by atoms with E-state index in [-0.39, 0.29) is 0 Å². The second kappa shape index (κ2) is 5.45. The van der Waals surface area contributed by atoms with Gasteiger partial charge < -0.3 is 15.0 Å². The van der Waals surface area contributed by atoms with Crippen LogP contribution in [0.3, 0.4) is 0 Å². The van der Waals surface area contributed by atoms with E-state index in [1.165, 1.54) is 26.2 Å². The summed E-state index contributed by atoms with van der Waals surface area (Å²) in [6.07, 6.45) is 0.424. The lowest BCUT2D eigenvalue weighted by Crippen LogP contribution is -2.49. The van der Waals surface area contributed by atoms with Gasteiger partial charge in [0, 0.05) is 38.8 Å². The van der Waals surface area contributed by atoms with Crippen molar-refractivity contribution in [2.24, 2.45) is 11.8 Å². The van der Waals surface area contributed by atoms with Crippen molar-refractivity contribution in [1.29, 1.82) is 0 Å². The number of nitrogens with one attached hydrogen (secondary N) is 1. The molecule has 3 heterocycles. The number of nitrogens with zero attached hydrogens (tertiary/aromatic N) is 2. The van der Waals surface area contributed by atoms with E-state index in [4.69, 9.17) is 4.74 Å². The Morgan fingerprint density at radius 1 is 1.17 bits per heavy atom. The third-order valence-electron chi connectivity index (χ3n) is 4.83. The molecule has 0 saturated carbocycles. The van der Waals surface area contributed by atoms with Crippen LogP contribution in [0.15, 0.2) is 0 Å². The van der Waals surface area contributed by atoms with Crippen LogP contribution in [0, 0.1) is 11.8 Å². The minimum absolute atomic E-state index is 0.424. The maximum Gasteiger partial charge on any atom is 0.0829 e. The molecule has 104 valence electrons. The average molecular weight is 253 g/mol. The Bertz CT molecular complexity index is 272. The monoisotopic (exact) mass is 253 g/mol. The molecule has 0 radical (unpaired) electrons. The molecule has 4 nitrogen and oxygen atoms in total. The Labute approximate surface area is 111 Å². The zero-order chi connectivity index (χ0) is 12.5. The first-order valence-corrected chi connectivity index (χ1v) is 7.51. The number of likely N-dealkylation sites (tertiary alicyclic amines) is 1. The molecule has 0 aliphatic carbocycles. The molecular formula is C14H27N3O. The van der Waals surface area contributed by atoms with Gasteiger partial charge in [-0.05, 0) is 38.8 Å². The molecule has 18 heavy (non-hydrogen) atoms. The summed E-state index contributed by atoms with van der Waals surface area (Å²) in [7, 11) is 0. The summed E-state index contributed by atoms with van der Waals surface area (Å²) >= 11 is 0. The van der Waals surface area contributed by atoms with Gasteiger partial charge in [0.2, 0.25) is 0 Å². The van der Waals surface area contributed by atoms with E-state index < -0.39 is 0 Å². The lowest BCUT2D eigenvalue weighted by atomic mass is 10.0. The quantitative estimate of drug-likeness (QED) is 0.780. The van der Waals surface area contributed by atoms with Crippen LogP contribution < -0.4 is 5.32 Å². The number of hydrogen-bond acceptors (Lipinski definition) is 4. The zero-order valence-corrected chi connectivity index (χ0v) is 11.8. The molecule has 3 aliphatic heterocycles. The molecule has 1 unspecified atom stereocenters. The summed E-state index contributed by atoms with van der Waals surface area (Å²) in [5.74, 6) is 1.80. The van der Waals surface area contributed by atoms with Crippen molar-refractivity contribution in [3.63, 3.8) is 0 Å². The van der Waals surface area contributed by atoms with Crippen LogP contribution in [0.1, 0.15) is 13.8 Å². The normalized spacial score (nSPS) is 38.5. The van der Waals surface area contributed by atoms with Gasteiger partial charge in [0.15, 0.2) is 0 Å². The highest BCUT2D eigenvalue weighted by Gasteiger charge is 2.37. The first kappa shape index (κ1) is 12.9. The highest BCUT2D eigenvalue weighted by Crippen LogP contribution is 2.26. The van der Waals surface area contributed by atoms with Crippen LogP contribution in [0.2, 0.25) is 0 Å². The second-order valence-electron chi connectivity index (χ2n) is 6.48. The highest BCUT2D eigenvalue weighted by atomic mass is 16.5. The summed E-state index contributed by atoms with van der Waals surface area (Å²) in [6, 6.07) is 0.651. The van der Waals surface area contributed by atoms with Gasteiger partial charge >= 0.3 is 0 Å². The molecular weight excluding hydrogens is 226 g/mol. The molecule has 0 aromatic heterocycles. The molecule has 0 spiro atoms. The van der Waals surface area contributed by atoms with Crippen LogP contribution in [0.5, 0.6) is 0 Å². The minimum atomic E-state index is 0.424. The number of hydrogen-bond donors (Lipinski definition) is 1. The second-order valence-corrected chi connectivity index (χ2v) is 6.48. The predicted octanol–water partition coefficient (Wildman–Crippen LogP) is 0.247. The largest absolute Gasteiger partial charge is 0.374 e. The van der Waals surface area contributed by atoms with Gasteiger partial charge in [-0.1, -0.05) is 0 Å². The maximum atomic E-state index is 5.94. The molecule has 3 rings (SSSR count). The maximum absolute atomic E-state index is 5.94. The summed E-state index contributed by atoms with van der Waals surface area (Å²) in [4.78, 5) is 5.18. The van der Waals surface area contributed by atoms with Crippen LogP contribution in [0.25, 0.3) is 0 Å². The Hall–Kier alpha value is -0.160. The van der Waals surface area contributed by atoms with E-state index in [2.05, 4.69) is 29.0 Å². The Morgan fingerprint density at radius 2 is 1.89 bits per heavy atom. The van der Waals surface area contributed by atoms with Gasteiger partial charge in [-0.15, -0.1) is 0 Å². The van der Waals surface area contributed by atoms with Crippen LogP contribution >= 0.6 is 0 Å². The summed E-state index contributed by atoms with van der Waals surface area (Å²) in [6.45, 7) is 13.8. The van der Waals surface area contributed by atoms with Crippen molar-refractivity contribution in [2.75, 3.05) is 52.4 Å². The van der Waals surface area contributed by atoms with E-state index in [1.807, 2.05) is 0 Å². The molecule has 0 bridgehead atoms. The number of fused-ring (bicyclic) bond motifs is 1. The van der Waals surface area contributed by atoms with Gasteiger partial charge in [0.25, 0.3) is 0 Å². The third-order valence-corrected chi connectivity index (χ3v) is 4.83. The summed E-state index contributed by atoms with van der Waals surface area (Å²) < 4.78 is 5.94. The Balaban J connectivity index is 1.48. The predicted molar refractivity (Wildman–Crippen MR) is 72.7 cm³/mol. The van der Waals surface area contributed by atoms with Crippen molar-refractivity contribution in [1.82, 2.24) is 15.1 Å². The fourth-order valence-corrected chi connectivity index (χ4v) is 3.71. The van der Waals surface area contributed by atoms with Crippen LogP contribution in [-0.4, -0.2) is 74.4 Å². The minimum Gasteiger partial charge on any atom is -0.374 e. The Kier molecular flexibility index (Phi) is 3.89. The molecule has 3 saturated heterocycles. The van der Waals surface area contributed by atoms with Gasteiger partial charge in [-0.2, -0.15) is 0 Å². The van der Waals surface area contributed by atoms with Crippen molar-refractivity contribution in [2.45, 2.75) is 26.0 Å². The molecule has 0 amide bonds. The van der Waals surface area contributed by atoms with Gasteiger partial charge in [0.1, 0.15) is 0 Å². The van der Waals surface area contributed by atoms with Crippen LogP contribution in [-0.2, 0) is 4.74 Å². The van der Waals surface area contributed by atoms with Crippen molar-refractivity contribution in [3.8, 4) is 0 Å². The van der Waals surface area contributed by atoms with Gasteiger partial charge in [-0.3, -0.25) is 4.90 Å². The first-order valence-electron chi connectivity index (χ1n) is 7.51. The van der Waals surface area contributed by atoms with Crippen molar-refractivity contribution >= 4 is 0 Å². The molecule has 3 aliphatic rings. The number of morpholine rings is 1. The lowest BCUT2D eigenvalue weighted by Gasteiger charge is -2.37. The SMILES string of the molecule is CC(C)N1CCOC(CN2C[C@H]3CNC[C@H]3C2)C1. The van der Waals surface area contributed by atoms with E-state index in [0.29, 0.717) is 12.1 Å². The van der Waals surface area contributed by atoms with Crippen molar-refractivity contribution < 1.29 is 4.74 Å². The van der Waals surface area contributed by atoms with Crippen molar-refractivity contribution in [3.05, 3.63) is 0 Å². The van der Waals surface area contributed by atoms with E-state index in [1.54, 1.807) is 0 Å². The average Bonchev–Trinajstić information content (AvgIpc) is 2.90. The van der Waals surface area contributed by atoms with E-state index >= 15 is 0 Å². The molecule has 1 N–H and O–H groups in total. The summed E-state index contributed by atoms with van der Waals surface area (Å²) in [5.41, 5.74) is 0. The molecule has 0 aromatic carbocycles. The molecule has 4 heteroatoms. The smallest absolute Gasteiger partial charge is 0.0829 e. The van der Waals surface area contributed by atoms with E-state index in [0.717, 1.165) is 38.1 Å². The molecule has 3 atom stereocenters. The topological polar surface area (TPSA) is 27.7 Å². The van der Waals surface area contributed by atoms with Gasteiger partial charge in [0.05, 0.1) is 12.7 Å². The first-order chi connectivity index (χ1) is 8.72. The van der Waals surface area contributed by atoms with Gasteiger partial charge in [-0.25, -0.2) is 0 Å². The molecule has 0 aromatic rings. The fourth-order valence-electron chi connectivity index (χ4n) is 3.71. The summed E-state index contributed by atoms with van der Waals surface area (Å²) in [5, 5.41) is 3.50. The standard InChI is InChI=1S/C14H27N3O/c1-11(2)17-3-4-18-14(10-17)9-16-7-12-5-15-6-13(12)8-16/h11-15H,3-10H2,1-2H3/t12-,13+,14?. The zero-order valence-electron chi connectivity index (χ0n) is 11.8. The van der Waals surface area contributed by atoms with Crippen LogP contribution in [0.4, 0.5) is 0 Å². The van der Waals surface area contributed by atoms with E-state index in [9.17, 15) is 0 Å². The fraction of sp³-hybridized carbons (Fsp3) is 1.00. The molecule has 3 fully saturated rings. The lowest BCUT2D eigenvalue weighted by molar-refractivity contribution is -0.0504. The number of ether oxygens (including phenoxy) is 1. The Morgan fingerprint density at radius 3 is 2.56 bits per heavy atom.